The highest BCUT2D eigenvalue weighted by atomic mass is 19.4. The zero-order chi connectivity index (χ0) is 20.3. The third-order valence-corrected chi connectivity index (χ3v) is 4.86. The fourth-order valence-electron chi connectivity index (χ4n) is 3.32. The van der Waals surface area contributed by atoms with E-state index in [9.17, 15) is 18.0 Å². The second-order valence-electron chi connectivity index (χ2n) is 7.40. The van der Waals surface area contributed by atoms with Gasteiger partial charge in [0.25, 0.3) is 5.91 Å². The number of halogens is 3. The van der Waals surface area contributed by atoms with Crippen LogP contribution in [0, 0.1) is 0 Å². The quantitative estimate of drug-likeness (QED) is 0.754. The largest absolute Gasteiger partial charge is 0.416 e. The van der Waals surface area contributed by atoms with Crippen LogP contribution in [0.5, 0.6) is 0 Å². The maximum Gasteiger partial charge on any atom is 0.416 e. The molecule has 0 radical (unpaired) electrons. The fraction of sp³-hybridized carbons (Fsp3) is 0.500. The highest BCUT2D eigenvalue weighted by molar-refractivity contribution is 5.95. The molecule has 1 amide bonds. The summed E-state index contributed by atoms with van der Waals surface area (Å²) in [6, 6.07) is 4.94. The summed E-state index contributed by atoms with van der Waals surface area (Å²) < 4.78 is 43.8. The molecular formula is C20H24F3N3O2. The Morgan fingerprint density at radius 2 is 1.86 bits per heavy atom. The van der Waals surface area contributed by atoms with Gasteiger partial charge in [0.2, 0.25) is 0 Å². The minimum Gasteiger partial charge on any atom is -0.355 e. The number of benzene rings is 1. The minimum atomic E-state index is -4.41. The van der Waals surface area contributed by atoms with Crippen molar-refractivity contribution in [2.45, 2.75) is 64.3 Å². The molecule has 1 heterocycles. The van der Waals surface area contributed by atoms with Crippen molar-refractivity contribution in [3.05, 3.63) is 41.1 Å². The Morgan fingerprint density at radius 3 is 2.43 bits per heavy atom. The monoisotopic (exact) mass is 395 g/mol. The number of carbonyl (C=O) groups is 1. The van der Waals surface area contributed by atoms with E-state index in [4.69, 9.17) is 4.52 Å². The number of aromatic nitrogens is 1. The second kappa shape index (κ2) is 8.34. The molecule has 8 heteroatoms. The third-order valence-electron chi connectivity index (χ3n) is 4.86. The number of hydrogen-bond donors (Lipinski definition) is 2. The molecule has 1 aromatic carbocycles. The number of hydrogen-bond acceptors (Lipinski definition) is 4. The average molecular weight is 395 g/mol. The van der Waals surface area contributed by atoms with Crippen LogP contribution < -0.4 is 10.6 Å². The van der Waals surface area contributed by atoms with Crippen LogP contribution in [0.1, 0.15) is 61.1 Å². The molecule has 1 saturated carbocycles. The lowest BCUT2D eigenvalue weighted by atomic mass is 10.0. The van der Waals surface area contributed by atoms with Gasteiger partial charge in [0.15, 0.2) is 11.5 Å². The van der Waals surface area contributed by atoms with Crippen molar-refractivity contribution in [3.63, 3.8) is 0 Å². The number of amides is 1. The summed E-state index contributed by atoms with van der Waals surface area (Å²) in [6.07, 6.45) is -0.358. The van der Waals surface area contributed by atoms with Crippen molar-refractivity contribution >= 4 is 5.91 Å². The SMILES string of the molecule is CC(C)NCc1c(C(=O)NC2CCCC2)noc1-c1ccc(C(F)(F)F)cc1. The number of alkyl halides is 3. The first-order valence-electron chi connectivity index (χ1n) is 9.46. The third kappa shape index (κ3) is 4.73. The van der Waals surface area contributed by atoms with Crippen molar-refractivity contribution in [1.29, 1.82) is 0 Å². The van der Waals surface area contributed by atoms with Crippen LogP contribution in [0.2, 0.25) is 0 Å². The Bertz CT molecular complexity index is 807. The highest BCUT2D eigenvalue weighted by Gasteiger charge is 2.31. The predicted octanol–water partition coefficient (Wildman–Crippen LogP) is 4.53. The topological polar surface area (TPSA) is 67.2 Å². The Hall–Kier alpha value is -2.35. The van der Waals surface area contributed by atoms with E-state index in [0.717, 1.165) is 37.8 Å². The van der Waals surface area contributed by atoms with Gasteiger partial charge in [-0.15, -0.1) is 0 Å². The summed E-state index contributed by atoms with van der Waals surface area (Å²) in [5.41, 5.74) is 0.427. The molecule has 0 bridgehead atoms. The van der Waals surface area contributed by atoms with Gasteiger partial charge in [0, 0.05) is 29.8 Å². The molecule has 1 aromatic heterocycles. The normalized spacial score (nSPS) is 15.4. The molecule has 3 rings (SSSR count). The van der Waals surface area contributed by atoms with Gasteiger partial charge in [0.05, 0.1) is 5.56 Å². The number of rotatable bonds is 6. The Kier molecular flexibility index (Phi) is 6.07. The highest BCUT2D eigenvalue weighted by Crippen LogP contribution is 2.32. The van der Waals surface area contributed by atoms with Crippen molar-refractivity contribution in [1.82, 2.24) is 15.8 Å². The number of nitrogens with one attached hydrogen (secondary N) is 2. The van der Waals surface area contributed by atoms with Gasteiger partial charge in [0.1, 0.15) is 0 Å². The lowest BCUT2D eigenvalue weighted by Gasteiger charge is -2.13. The Morgan fingerprint density at radius 1 is 1.21 bits per heavy atom. The van der Waals surface area contributed by atoms with Crippen LogP contribution >= 0.6 is 0 Å². The van der Waals surface area contributed by atoms with Crippen molar-refractivity contribution < 1.29 is 22.5 Å². The van der Waals surface area contributed by atoms with Crippen LogP contribution in [0.4, 0.5) is 13.2 Å². The molecule has 0 atom stereocenters. The van der Waals surface area contributed by atoms with Crippen molar-refractivity contribution in [2.24, 2.45) is 0 Å². The van der Waals surface area contributed by atoms with E-state index >= 15 is 0 Å². The van der Waals surface area contributed by atoms with Crippen LogP contribution in [-0.4, -0.2) is 23.1 Å². The van der Waals surface area contributed by atoms with E-state index in [-0.39, 0.29) is 23.7 Å². The smallest absolute Gasteiger partial charge is 0.355 e. The van der Waals surface area contributed by atoms with E-state index < -0.39 is 11.7 Å². The van der Waals surface area contributed by atoms with Crippen LogP contribution in [-0.2, 0) is 12.7 Å². The van der Waals surface area contributed by atoms with Gasteiger partial charge in [-0.2, -0.15) is 13.2 Å². The van der Waals surface area contributed by atoms with Gasteiger partial charge in [-0.25, -0.2) is 0 Å². The maximum absolute atomic E-state index is 12.8. The lowest BCUT2D eigenvalue weighted by molar-refractivity contribution is -0.137. The zero-order valence-corrected chi connectivity index (χ0v) is 15.9. The Labute approximate surface area is 161 Å². The number of nitrogens with zero attached hydrogens (tertiary/aromatic N) is 1. The van der Waals surface area contributed by atoms with Crippen molar-refractivity contribution in [2.75, 3.05) is 0 Å². The van der Waals surface area contributed by atoms with Gasteiger partial charge in [-0.3, -0.25) is 4.79 Å². The van der Waals surface area contributed by atoms with Gasteiger partial charge in [-0.1, -0.05) is 44.0 Å². The minimum absolute atomic E-state index is 0.129. The Balaban J connectivity index is 1.89. The van der Waals surface area contributed by atoms with Gasteiger partial charge in [-0.05, 0) is 25.0 Å². The van der Waals surface area contributed by atoms with E-state index in [0.29, 0.717) is 23.4 Å². The number of carbonyl (C=O) groups excluding carboxylic acids is 1. The summed E-state index contributed by atoms with van der Waals surface area (Å²) in [5.74, 6) is -0.00665. The fourth-order valence-corrected chi connectivity index (χ4v) is 3.32. The summed E-state index contributed by atoms with van der Waals surface area (Å²) in [7, 11) is 0. The molecule has 2 aromatic rings. The molecule has 0 aliphatic heterocycles. The summed E-state index contributed by atoms with van der Waals surface area (Å²) in [6.45, 7) is 4.25. The predicted molar refractivity (Wildman–Crippen MR) is 98.6 cm³/mol. The molecule has 1 aliphatic carbocycles. The van der Waals surface area contributed by atoms with E-state index in [2.05, 4.69) is 15.8 Å². The standard InChI is InChI=1S/C20H24F3N3O2/c1-12(2)24-11-16-17(19(27)25-15-5-3-4-6-15)26-28-18(16)13-7-9-14(10-8-13)20(21,22)23/h7-10,12,15,24H,3-6,11H2,1-2H3,(H,25,27). The molecule has 1 fully saturated rings. The first-order valence-corrected chi connectivity index (χ1v) is 9.46. The summed E-state index contributed by atoms with van der Waals surface area (Å²) in [4.78, 5) is 12.7. The van der Waals surface area contributed by atoms with Gasteiger partial charge < -0.3 is 15.2 Å². The van der Waals surface area contributed by atoms with E-state index in [1.807, 2.05) is 13.8 Å². The molecule has 1 aliphatic rings. The van der Waals surface area contributed by atoms with Gasteiger partial charge >= 0.3 is 6.18 Å². The molecule has 0 spiro atoms. The molecule has 5 nitrogen and oxygen atoms in total. The van der Waals surface area contributed by atoms with E-state index in [1.54, 1.807) is 0 Å². The average Bonchev–Trinajstić information content (AvgIpc) is 3.28. The molecule has 0 unspecified atom stereocenters. The first kappa shape index (κ1) is 20.4. The van der Waals surface area contributed by atoms with Crippen molar-refractivity contribution in [3.8, 4) is 11.3 Å². The summed E-state index contributed by atoms with van der Waals surface area (Å²) in [5, 5.41) is 10.1. The lowest BCUT2D eigenvalue weighted by Crippen LogP contribution is -2.34. The van der Waals surface area contributed by atoms with Crippen LogP contribution in [0.15, 0.2) is 28.8 Å². The maximum atomic E-state index is 12.8. The van der Waals surface area contributed by atoms with Crippen LogP contribution in [0.3, 0.4) is 0 Å². The van der Waals surface area contributed by atoms with E-state index in [1.165, 1.54) is 12.1 Å². The second-order valence-corrected chi connectivity index (χ2v) is 7.40. The first-order chi connectivity index (χ1) is 13.3. The summed E-state index contributed by atoms with van der Waals surface area (Å²) >= 11 is 0. The van der Waals surface area contributed by atoms with Crippen LogP contribution in [0.25, 0.3) is 11.3 Å². The molecular weight excluding hydrogens is 371 g/mol. The zero-order valence-electron chi connectivity index (χ0n) is 15.9. The molecule has 2 N–H and O–H groups in total. The molecule has 152 valence electrons. The molecule has 28 heavy (non-hydrogen) atoms. The molecule has 0 saturated heterocycles.